The van der Waals surface area contributed by atoms with E-state index in [2.05, 4.69) is 38.1 Å². The molecule has 3 nitrogen and oxygen atoms in total. The van der Waals surface area contributed by atoms with Crippen LogP contribution in [0.3, 0.4) is 0 Å². The molecule has 1 heterocycles. The van der Waals surface area contributed by atoms with Gasteiger partial charge in [0.1, 0.15) is 6.29 Å². The van der Waals surface area contributed by atoms with Crippen LogP contribution in [-0.4, -0.2) is 23.6 Å². The molecule has 1 aromatic carbocycles. The fourth-order valence-electron chi connectivity index (χ4n) is 4.18. The fraction of sp³-hybridized carbons (Fsp3) is 0.520. The second-order valence-electron chi connectivity index (χ2n) is 8.57. The molecular weight excluding hydrogens is 346 g/mol. The first-order chi connectivity index (χ1) is 13.5. The Morgan fingerprint density at radius 2 is 1.82 bits per heavy atom. The Labute approximate surface area is 169 Å². The minimum Gasteiger partial charge on any atom is -0.388 e. The molecule has 0 spiro atoms. The summed E-state index contributed by atoms with van der Waals surface area (Å²) in [5.74, 6) is 1.07. The van der Waals surface area contributed by atoms with Crippen LogP contribution in [-0.2, 0) is 4.79 Å². The van der Waals surface area contributed by atoms with Crippen molar-refractivity contribution >= 4 is 17.6 Å². The molecule has 3 atom stereocenters. The molecule has 1 N–H and O–H groups in total. The van der Waals surface area contributed by atoms with E-state index in [4.69, 9.17) is 4.99 Å². The monoisotopic (exact) mass is 379 g/mol. The predicted octanol–water partition coefficient (Wildman–Crippen LogP) is 5.56. The number of nitrogens with zero attached hydrogens (tertiary/aromatic N) is 1. The molecule has 28 heavy (non-hydrogen) atoms. The molecule has 0 saturated carbocycles. The van der Waals surface area contributed by atoms with E-state index in [9.17, 15) is 9.90 Å². The largest absolute Gasteiger partial charge is 0.388 e. The Kier molecular flexibility index (Phi) is 7.01. The number of hydrogen-bond acceptors (Lipinski definition) is 3. The molecule has 1 aromatic rings. The minimum atomic E-state index is -0.372. The summed E-state index contributed by atoms with van der Waals surface area (Å²) in [5.41, 5.74) is 6.17. The average molecular weight is 380 g/mol. The van der Waals surface area contributed by atoms with Gasteiger partial charge in [-0.15, -0.1) is 0 Å². The van der Waals surface area contributed by atoms with Gasteiger partial charge in [0.25, 0.3) is 0 Å². The normalized spacial score (nSPS) is 21.8. The number of benzene rings is 1. The van der Waals surface area contributed by atoms with E-state index in [1.165, 1.54) is 22.4 Å². The summed E-state index contributed by atoms with van der Waals surface area (Å²) >= 11 is 0. The zero-order chi connectivity index (χ0) is 20.1. The third-order valence-electron chi connectivity index (χ3n) is 6.23. The molecule has 0 radical (unpaired) electrons. The van der Waals surface area contributed by atoms with Crippen molar-refractivity contribution in [3.05, 3.63) is 53.1 Å². The van der Waals surface area contributed by atoms with Crippen molar-refractivity contribution < 1.29 is 9.90 Å². The maximum atomic E-state index is 11.3. The summed E-state index contributed by atoms with van der Waals surface area (Å²) in [5, 5.41) is 9.95. The van der Waals surface area contributed by atoms with Gasteiger partial charge in [0.15, 0.2) is 0 Å². The highest BCUT2D eigenvalue weighted by Gasteiger charge is 2.26. The van der Waals surface area contributed by atoms with Crippen molar-refractivity contribution in [2.45, 2.75) is 59.0 Å². The Bertz CT molecular complexity index is 770. The van der Waals surface area contributed by atoms with Gasteiger partial charge in [-0.3, -0.25) is 4.99 Å². The molecule has 0 aromatic heterocycles. The van der Waals surface area contributed by atoms with Gasteiger partial charge in [-0.25, -0.2) is 0 Å². The van der Waals surface area contributed by atoms with Gasteiger partial charge in [0.05, 0.1) is 6.10 Å². The van der Waals surface area contributed by atoms with Crippen LogP contribution in [0.15, 0.2) is 47.0 Å². The quantitative estimate of drug-likeness (QED) is 0.602. The van der Waals surface area contributed by atoms with E-state index in [0.717, 1.165) is 50.5 Å². The van der Waals surface area contributed by atoms with Crippen molar-refractivity contribution in [1.82, 2.24) is 0 Å². The van der Waals surface area contributed by atoms with E-state index in [1.807, 2.05) is 19.1 Å². The Morgan fingerprint density at radius 3 is 2.39 bits per heavy atom. The van der Waals surface area contributed by atoms with Crippen LogP contribution >= 0.6 is 0 Å². The summed E-state index contributed by atoms with van der Waals surface area (Å²) in [6.45, 7) is 7.11. The maximum Gasteiger partial charge on any atom is 0.123 e. The molecule has 0 bridgehead atoms. The highest BCUT2D eigenvalue weighted by molar-refractivity contribution is 6.02. The van der Waals surface area contributed by atoms with E-state index < -0.39 is 0 Å². The molecule has 3 rings (SSSR count). The number of aliphatic imine (C=N–C) groups is 1. The molecule has 0 fully saturated rings. The minimum absolute atomic E-state index is 0.153. The highest BCUT2D eigenvalue weighted by atomic mass is 16.3. The fourth-order valence-corrected chi connectivity index (χ4v) is 4.18. The van der Waals surface area contributed by atoms with E-state index in [1.54, 1.807) is 0 Å². The lowest BCUT2D eigenvalue weighted by atomic mass is 9.84. The van der Waals surface area contributed by atoms with Crippen molar-refractivity contribution in [3.8, 4) is 0 Å². The first-order valence-electron chi connectivity index (χ1n) is 10.7. The summed E-state index contributed by atoms with van der Waals surface area (Å²) in [4.78, 5) is 16.1. The Balaban J connectivity index is 1.62. The third kappa shape index (κ3) is 4.88. The average Bonchev–Trinajstić information content (AvgIpc) is 3.20. The standard InChI is InChI=1S/C25H33NO2/c1-4-25(28)22-11-7-20(8-12-22)19-5-9-21(10-6-19)24-14-18(15-26-24)13-23(16-27)17(2)3/h5,7-9,11-12,16-18,23,25,28H,4,6,10,13-15H2,1-3H3. The lowest BCUT2D eigenvalue weighted by Gasteiger charge is -2.19. The second kappa shape index (κ2) is 9.47. The summed E-state index contributed by atoms with van der Waals surface area (Å²) in [6, 6.07) is 8.31. The van der Waals surface area contributed by atoms with Gasteiger partial charge in [0, 0.05) is 18.2 Å². The first-order valence-corrected chi connectivity index (χ1v) is 10.7. The molecule has 150 valence electrons. The SMILES string of the molecule is CCC(O)c1ccc(C2=CC=C(C3=NCC(CC(C=O)C(C)C)C3)CC2)cc1. The van der Waals surface area contributed by atoms with Crippen LogP contribution in [0.2, 0.25) is 0 Å². The van der Waals surface area contributed by atoms with Gasteiger partial charge in [-0.1, -0.05) is 57.2 Å². The van der Waals surface area contributed by atoms with Crippen LogP contribution in [0.4, 0.5) is 0 Å². The lowest BCUT2D eigenvalue weighted by Crippen LogP contribution is -2.16. The van der Waals surface area contributed by atoms with Crippen LogP contribution in [0, 0.1) is 17.8 Å². The molecular formula is C25H33NO2. The first kappa shape index (κ1) is 20.7. The number of carbonyl (C=O) groups is 1. The van der Waals surface area contributed by atoms with Crippen LogP contribution < -0.4 is 0 Å². The highest BCUT2D eigenvalue weighted by Crippen LogP contribution is 2.33. The smallest absolute Gasteiger partial charge is 0.123 e. The Hall–Kier alpha value is -2.00. The zero-order valence-electron chi connectivity index (χ0n) is 17.4. The molecule has 1 aliphatic carbocycles. The van der Waals surface area contributed by atoms with E-state index in [0.29, 0.717) is 11.8 Å². The van der Waals surface area contributed by atoms with E-state index in [-0.39, 0.29) is 12.0 Å². The number of allylic oxidation sites excluding steroid dienone is 4. The summed E-state index contributed by atoms with van der Waals surface area (Å²) < 4.78 is 0. The summed E-state index contributed by atoms with van der Waals surface area (Å²) in [6.07, 6.45) is 9.96. The zero-order valence-corrected chi connectivity index (χ0v) is 17.4. The topological polar surface area (TPSA) is 49.7 Å². The number of aliphatic hydroxyl groups excluding tert-OH is 1. The lowest BCUT2D eigenvalue weighted by molar-refractivity contribution is -0.112. The number of rotatable bonds is 8. The van der Waals surface area contributed by atoms with Crippen LogP contribution in [0.25, 0.3) is 5.57 Å². The molecule has 1 aliphatic heterocycles. The van der Waals surface area contributed by atoms with Crippen molar-refractivity contribution in [2.75, 3.05) is 6.54 Å². The third-order valence-corrected chi connectivity index (χ3v) is 6.23. The van der Waals surface area contributed by atoms with Crippen LogP contribution in [0.5, 0.6) is 0 Å². The molecule has 0 amide bonds. The van der Waals surface area contributed by atoms with Gasteiger partial charge >= 0.3 is 0 Å². The number of carbonyl (C=O) groups excluding carboxylic acids is 1. The van der Waals surface area contributed by atoms with Crippen molar-refractivity contribution in [1.29, 1.82) is 0 Å². The molecule has 3 unspecified atom stereocenters. The van der Waals surface area contributed by atoms with E-state index >= 15 is 0 Å². The number of aldehydes is 1. The van der Waals surface area contributed by atoms with Crippen LogP contribution in [0.1, 0.15) is 70.1 Å². The van der Waals surface area contributed by atoms with Gasteiger partial charge in [-0.2, -0.15) is 0 Å². The van der Waals surface area contributed by atoms with Crippen molar-refractivity contribution in [2.24, 2.45) is 22.7 Å². The molecule has 0 saturated heterocycles. The molecule has 2 aliphatic rings. The van der Waals surface area contributed by atoms with Gasteiger partial charge in [-0.05, 0) is 66.2 Å². The molecule has 3 heteroatoms. The Morgan fingerprint density at radius 1 is 1.14 bits per heavy atom. The number of hydrogen-bond donors (Lipinski definition) is 1. The van der Waals surface area contributed by atoms with Gasteiger partial charge < -0.3 is 9.90 Å². The maximum absolute atomic E-state index is 11.3. The predicted molar refractivity (Wildman–Crippen MR) is 116 cm³/mol. The summed E-state index contributed by atoms with van der Waals surface area (Å²) in [7, 11) is 0. The van der Waals surface area contributed by atoms with Crippen molar-refractivity contribution in [3.63, 3.8) is 0 Å². The number of aliphatic hydroxyl groups is 1. The van der Waals surface area contributed by atoms with Gasteiger partial charge in [0.2, 0.25) is 0 Å². The second-order valence-corrected chi connectivity index (χ2v) is 8.57.